The molecule has 0 saturated carbocycles. The first-order valence-electron chi connectivity index (χ1n) is 5.75. The molecule has 1 atom stereocenters. The molecule has 2 heterocycles. The summed E-state index contributed by atoms with van der Waals surface area (Å²) in [6, 6.07) is 0.795. The van der Waals surface area contributed by atoms with Gasteiger partial charge in [0.25, 0.3) is 0 Å². The Labute approximate surface area is 91.9 Å². The van der Waals surface area contributed by atoms with Gasteiger partial charge in [0, 0.05) is 18.6 Å². The van der Waals surface area contributed by atoms with Gasteiger partial charge in [0.15, 0.2) is 9.84 Å². The van der Waals surface area contributed by atoms with Crippen LogP contribution in [0.25, 0.3) is 0 Å². The lowest BCUT2D eigenvalue weighted by atomic mass is 10.0. The van der Waals surface area contributed by atoms with Crippen molar-refractivity contribution < 1.29 is 8.42 Å². The summed E-state index contributed by atoms with van der Waals surface area (Å²) in [7, 11) is -2.76. The molecule has 2 aliphatic rings. The molecule has 2 aliphatic heterocycles. The molecular formula is C10H20N2O2S. The number of piperidine rings is 1. The maximum Gasteiger partial charge on any atom is 0.153 e. The molecule has 1 unspecified atom stereocenters. The van der Waals surface area contributed by atoms with Crippen LogP contribution in [0.2, 0.25) is 0 Å². The average molecular weight is 232 g/mol. The maximum atomic E-state index is 11.5. The predicted molar refractivity (Wildman–Crippen MR) is 60.7 cm³/mol. The Bertz CT molecular complexity index is 309. The number of nitrogens with zero attached hydrogens (tertiary/aromatic N) is 1. The van der Waals surface area contributed by atoms with E-state index in [0.717, 1.165) is 32.5 Å². The van der Waals surface area contributed by atoms with Crippen LogP contribution in [-0.2, 0) is 9.84 Å². The van der Waals surface area contributed by atoms with Crippen LogP contribution in [0.1, 0.15) is 19.8 Å². The number of hydrogen-bond donors (Lipinski definition) is 1. The van der Waals surface area contributed by atoms with Crippen molar-refractivity contribution in [3.05, 3.63) is 0 Å². The number of hydrogen-bond acceptors (Lipinski definition) is 4. The summed E-state index contributed by atoms with van der Waals surface area (Å²) in [4.78, 5) is 2.39. The first kappa shape index (κ1) is 11.4. The van der Waals surface area contributed by atoms with Gasteiger partial charge in [0.05, 0.1) is 11.5 Å². The van der Waals surface area contributed by atoms with Crippen molar-refractivity contribution in [3.63, 3.8) is 0 Å². The highest BCUT2D eigenvalue weighted by Crippen LogP contribution is 2.19. The fourth-order valence-electron chi connectivity index (χ4n) is 2.69. The van der Waals surface area contributed by atoms with Crippen molar-refractivity contribution in [1.29, 1.82) is 0 Å². The van der Waals surface area contributed by atoms with E-state index in [1.807, 2.05) is 6.92 Å². The highest BCUT2D eigenvalue weighted by molar-refractivity contribution is 7.91. The molecule has 2 saturated heterocycles. The monoisotopic (exact) mass is 232 g/mol. The number of sulfone groups is 1. The zero-order chi connectivity index (χ0) is 10.9. The van der Waals surface area contributed by atoms with Crippen molar-refractivity contribution in [2.45, 2.75) is 31.8 Å². The molecular weight excluding hydrogens is 212 g/mol. The van der Waals surface area contributed by atoms with E-state index in [0.29, 0.717) is 17.5 Å². The van der Waals surface area contributed by atoms with Crippen molar-refractivity contribution in [2.75, 3.05) is 31.1 Å². The summed E-state index contributed by atoms with van der Waals surface area (Å²) in [5, 5.41) is 3.34. The molecule has 0 amide bonds. The molecule has 0 radical (unpaired) electrons. The van der Waals surface area contributed by atoms with Crippen LogP contribution in [0.4, 0.5) is 0 Å². The average Bonchev–Trinajstić information content (AvgIpc) is 2.17. The number of rotatable bonds is 1. The molecule has 2 rings (SSSR count). The normalized spacial score (nSPS) is 34.1. The lowest BCUT2D eigenvalue weighted by Crippen LogP contribution is -2.54. The molecule has 0 aromatic carbocycles. The zero-order valence-corrected chi connectivity index (χ0v) is 10.1. The van der Waals surface area contributed by atoms with E-state index in [1.54, 1.807) is 0 Å². The Morgan fingerprint density at radius 2 is 1.93 bits per heavy atom. The van der Waals surface area contributed by atoms with Crippen LogP contribution in [-0.4, -0.2) is 56.5 Å². The van der Waals surface area contributed by atoms with Gasteiger partial charge in [-0.15, -0.1) is 0 Å². The van der Waals surface area contributed by atoms with Gasteiger partial charge in [0.1, 0.15) is 0 Å². The SMILES string of the molecule is CC1CS(=O)(=O)CCN1C1CCNCC1. The molecule has 0 aromatic heterocycles. The smallest absolute Gasteiger partial charge is 0.153 e. The van der Waals surface area contributed by atoms with E-state index in [2.05, 4.69) is 10.2 Å². The lowest BCUT2D eigenvalue weighted by Gasteiger charge is -2.41. The minimum atomic E-state index is -2.76. The first-order chi connectivity index (χ1) is 7.08. The molecule has 0 aromatic rings. The van der Waals surface area contributed by atoms with Gasteiger partial charge in [-0.2, -0.15) is 0 Å². The van der Waals surface area contributed by atoms with Crippen molar-refractivity contribution >= 4 is 9.84 Å². The van der Waals surface area contributed by atoms with Crippen LogP contribution in [0.15, 0.2) is 0 Å². The van der Waals surface area contributed by atoms with Crippen molar-refractivity contribution in [1.82, 2.24) is 10.2 Å². The van der Waals surface area contributed by atoms with Gasteiger partial charge < -0.3 is 5.32 Å². The van der Waals surface area contributed by atoms with Crippen LogP contribution in [0, 0.1) is 0 Å². The van der Waals surface area contributed by atoms with Gasteiger partial charge in [0.2, 0.25) is 0 Å². The largest absolute Gasteiger partial charge is 0.317 e. The van der Waals surface area contributed by atoms with Gasteiger partial charge in [-0.25, -0.2) is 8.42 Å². The van der Waals surface area contributed by atoms with Gasteiger partial charge in [-0.1, -0.05) is 0 Å². The van der Waals surface area contributed by atoms with Gasteiger partial charge in [-0.05, 0) is 32.9 Å². The Hall–Kier alpha value is -0.130. The molecule has 2 fully saturated rings. The van der Waals surface area contributed by atoms with E-state index in [9.17, 15) is 8.42 Å². The van der Waals surface area contributed by atoms with E-state index in [-0.39, 0.29) is 6.04 Å². The molecule has 88 valence electrons. The fourth-order valence-corrected chi connectivity index (χ4v) is 4.27. The fraction of sp³-hybridized carbons (Fsp3) is 1.00. The minimum Gasteiger partial charge on any atom is -0.317 e. The van der Waals surface area contributed by atoms with Gasteiger partial charge >= 0.3 is 0 Å². The molecule has 15 heavy (non-hydrogen) atoms. The third kappa shape index (κ3) is 2.71. The molecule has 4 nitrogen and oxygen atoms in total. The Morgan fingerprint density at radius 1 is 1.27 bits per heavy atom. The molecule has 5 heteroatoms. The summed E-state index contributed by atoms with van der Waals surface area (Å²) in [5.74, 6) is 0.693. The summed E-state index contributed by atoms with van der Waals surface area (Å²) < 4.78 is 22.9. The second-order valence-corrected chi connectivity index (χ2v) is 6.91. The highest BCUT2D eigenvalue weighted by atomic mass is 32.2. The quantitative estimate of drug-likeness (QED) is 0.683. The Kier molecular flexibility index (Phi) is 3.33. The van der Waals surface area contributed by atoms with Crippen molar-refractivity contribution in [2.24, 2.45) is 0 Å². The van der Waals surface area contributed by atoms with Crippen LogP contribution in [0.3, 0.4) is 0 Å². The second kappa shape index (κ2) is 4.39. The Morgan fingerprint density at radius 3 is 2.53 bits per heavy atom. The molecule has 0 spiro atoms. The Balaban J connectivity index is 1.98. The van der Waals surface area contributed by atoms with E-state index < -0.39 is 9.84 Å². The second-order valence-electron chi connectivity index (χ2n) is 4.68. The van der Waals surface area contributed by atoms with Gasteiger partial charge in [-0.3, -0.25) is 4.90 Å². The predicted octanol–water partition coefficient (Wildman–Crippen LogP) is -0.143. The summed E-state index contributed by atoms with van der Waals surface area (Å²) in [5.41, 5.74) is 0. The summed E-state index contributed by atoms with van der Waals surface area (Å²) in [6.45, 7) is 4.91. The zero-order valence-electron chi connectivity index (χ0n) is 9.28. The maximum absolute atomic E-state index is 11.5. The topological polar surface area (TPSA) is 49.4 Å². The number of nitrogens with one attached hydrogen (secondary N) is 1. The third-order valence-corrected chi connectivity index (χ3v) is 5.29. The van der Waals surface area contributed by atoms with E-state index in [1.165, 1.54) is 0 Å². The van der Waals surface area contributed by atoms with E-state index >= 15 is 0 Å². The molecule has 1 N–H and O–H groups in total. The lowest BCUT2D eigenvalue weighted by molar-refractivity contribution is 0.129. The van der Waals surface area contributed by atoms with Crippen LogP contribution >= 0.6 is 0 Å². The standard InChI is InChI=1S/C10H20N2O2S/c1-9-8-15(13,14)7-6-12(9)10-2-4-11-5-3-10/h9-11H,2-8H2,1H3. The first-order valence-corrected chi connectivity index (χ1v) is 7.57. The van der Waals surface area contributed by atoms with Crippen LogP contribution < -0.4 is 5.32 Å². The summed E-state index contributed by atoms with van der Waals surface area (Å²) >= 11 is 0. The molecule has 0 bridgehead atoms. The summed E-state index contributed by atoms with van der Waals surface area (Å²) in [6.07, 6.45) is 2.31. The minimum absolute atomic E-state index is 0.201. The highest BCUT2D eigenvalue weighted by Gasteiger charge is 2.32. The third-order valence-electron chi connectivity index (χ3n) is 3.50. The van der Waals surface area contributed by atoms with Crippen LogP contribution in [0.5, 0.6) is 0 Å². The van der Waals surface area contributed by atoms with E-state index in [4.69, 9.17) is 0 Å². The van der Waals surface area contributed by atoms with Crippen molar-refractivity contribution in [3.8, 4) is 0 Å². The molecule has 0 aliphatic carbocycles.